The molecule has 142 valence electrons. The van der Waals surface area contributed by atoms with E-state index in [1.807, 2.05) is 18.5 Å². The van der Waals surface area contributed by atoms with Crippen molar-refractivity contribution < 1.29 is 22.7 Å². The van der Waals surface area contributed by atoms with Gasteiger partial charge in [-0.1, -0.05) is 11.6 Å². The van der Waals surface area contributed by atoms with Gasteiger partial charge in [0.25, 0.3) is 10.0 Å². The van der Waals surface area contributed by atoms with E-state index in [4.69, 9.17) is 16.3 Å². The van der Waals surface area contributed by atoms with Crippen molar-refractivity contribution in [3.05, 3.63) is 39.5 Å². The molecule has 2 rings (SSSR count). The fraction of sp³-hybridized carbons (Fsp3) is 0.375. The number of nitrogens with zero attached hydrogens (tertiary/aromatic N) is 2. The molecule has 0 radical (unpaired) electrons. The second kappa shape index (κ2) is 7.91. The van der Waals surface area contributed by atoms with Crippen LogP contribution in [0.1, 0.15) is 21.7 Å². The van der Waals surface area contributed by atoms with Crippen LogP contribution in [0, 0.1) is 13.8 Å². The average molecular weight is 419 g/mol. The molecular formula is C16H19ClN2O5S2. The Bertz CT molecular complexity index is 946. The van der Waals surface area contributed by atoms with E-state index in [-0.39, 0.29) is 9.99 Å². The highest BCUT2D eigenvalue weighted by Gasteiger charge is 2.25. The van der Waals surface area contributed by atoms with Crippen molar-refractivity contribution >= 4 is 44.7 Å². The SMILES string of the molecule is Cc1cc(C(=O)COC(=O)CN(C)S(=O)(=O)c2ccc(Cl)s2)c(C)n1C. The van der Waals surface area contributed by atoms with Crippen molar-refractivity contribution in [3.8, 4) is 0 Å². The third-order valence-electron chi connectivity index (χ3n) is 4.00. The minimum atomic E-state index is -3.83. The highest BCUT2D eigenvalue weighted by molar-refractivity contribution is 7.91. The summed E-state index contributed by atoms with van der Waals surface area (Å²) in [4.78, 5) is 24.1. The summed E-state index contributed by atoms with van der Waals surface area (Å²) in [6.45, 7) is 2.72. The summed E-state index contributed by atoms with van der Waals surface area (Å²) in [5.41, 5.74) is 2.17. The Morgan fingerprint density at radius 1 is 1.31 bits per heavy atom. The molecule has 0 aromatic carbocycles. The van der Waals surface area contributed by atoms with Crippen LogP contribution >= 0.6 is 22.9 Å². The van der Waals surface area contributed by atoms with E-state index in [0.717, 1.165) is 27.0 Å². The van der Waals surface area contributed by atoms with Crippen LogP contribution in [0.15, 0.2) is 22.4 Å². The predicted octanol–water partition coefficient (Wildman–Crippen LogP) is 2.40. The van der Waals surface area contributed by atoms with Gasteiger partial charge in [0.2, 0.25) is 5.78 Å². The number of halogens is 1. The number of carbonyl (C=O) groups excluding carboxylic acids is 2. The maximum Gasteiger partial charge on any atom is 0.321 e. The summed E-state index contributed by atoms with van der Waals surface area (Å²) < 4.78 is 32.7. The van der Waals surface area contributed by atoms with Crippen LogP contribution in [-0.4, -0.2) is 49.2 Å². The largest absolute Gasteiger partial charge is 0.456 e. The van der Waals surface area contributed by atoms with Crippen molar-refractivity contribution in [2.24, 2.45) is 7.05 Å². The zero-order chi connectivity index (χ0) is 19.6. The molecule has 0 saturated carbocycles. The van der Waals surface area contributed by atoms with Crippen LogP contribution in [0.5, 0.6) is 0 Å². The molecule has 0 aliphatic heterocycles. The molecule has 2 aromatic rings. The van der Waals surface area contributed by atoms with Gasteiger partial charge in [0.1, 0.15) is 10.8 Å². The fourth-order valence-corrected chi connectivity index (χ4v) is 5.07. The lowest BCUT2D eigenvalue weighted by Crippen LogP contribution is -2.33. The molecule has 0 spiro atoms. The van der Waals surface area contributed by atoms with Gasteiger partial charge in [-0.25, -0.2) is 8.42 Å². The predicted molar refractivity (Wildman–Crippen MR) is 99.3 cm³/mol. The van der Waals surface area contributed by atoms with E-state index in [0.29, 0.717) is 9.90 Å². The van der Waals surface area contributed by atoms with Crippen LogP contribution in [0.4, 0.5) is 0 Å². The Morgan fingerprint density at radius 2 is 1.96 bits per heavy atom. The van der Waals surface area contributed by atoms with Gasteiger partial charge in [0.05, 0.1) is 4.34 Å². The molecule has 0 fully saturated rings. The van der Waals surface area contributed by atoms with E-state index >= 15 is 0 Å². The molecule has 0 aliphatic rings. The number of aryl methyl sites for hydroxylation is 1. The molecule has 0 bridgehead atoms. The lowest BCUT2D eigenvalue weighted by Gasteiger charge is -2.15. The third kappa shape index (κ3) is 4.35. The molecule has 0 N–H and O–H groups in total. The molecule has 2 aromatic heterocycles. The summed E-state index contributed by atoms with van der Waals surface area (Å²) in [5.74, 6) is -1.15. The fourth-order valence-electron chi connectivity index (χ4n) is 2.26. The standard InChI is InChI=1S/C16H19ClN2O5S2/c1-10-7-12(11(2)19(10)4)13(20)9-24-15(21)8-18(3)26(22,23)16-6-5-14(17)25-16/h5-7H,8-9H2,1-4H3. The smallest absolute Gasteiger partial charge is 0.321 e. The first-order valence-electron chi connectivity index (χ1n) is 7.57. The van der Waals surface area contributed by atoms with Crippen molar-refractivity contribution in [1.29, 1.82) is 0 Å². The van der Waals surface area contributed by atoms with E-state index in [1.165, 1.54) is 19.2 Å². The molecule has 7 nitrogen and oxygen atoms in total. The summed E-state index contributed by atoms with van der Waals surface area (Å²) >= 11 is 6.65. The molecule has 0 aliphatic carbocycles. The zero-order valence-electron chi connectivity index (χ0n) is 14.8. The van der Waals surface area contributed by atoms with Crippen LogP contribution in [0.25, 0.3) is 0 Å². The number of likely N-dealkylation sites (N-methyl/N-ethyl adjacent to an activating group) is 1. The minimum Gasteiger partial charge on any atom is -0.456 e. The van der Waals surface area contributed by atoms with Crippen molar-refractivity contribution in [3.63, 3.8) is 0 Å². The highest BCUT2D eigenvalue weighted by Crippen LogP contribution is 2.27. The van der Waals surface area contributed by atoms with E-state index < -0.39 is 29.1 Å². The molecule has 0 amide bonds. The van der Waals surface area contributed by atoms with Gasteiger partial charge in [-0.3, -0.25) is 9.59 Å². The van der Waals surface area contributed by atoms with Gasteiger partial charge in [-0.2, -0.15) is 4.31 Å². The number of ketones is 1. The summed E-state index contributed by atoms with van der Waals surface area (Å²) in [6.07, 6.45) is 0. The van der Waals surface area contributed by atoms with Crippen molar-refractivity contribution in [2.45, 2.75) is 18.1 Å². The van der Waals surface area contributed by atoms with Crippen LogP contribution in [0.3, 0.4) is 0 Å². The summed E-state index contributed by atoms with van der Waals surface area (Å²) in [6, 6.07) is 4.56. The molecule has 10 heteroatoms. The lowest BCUT2D eigenvalue weighted by molar-refractivity contribution is -0.142. The van der Waals surface area contributed by atoms with Crippen LogP contribution in [0.2, 0.25) is 4.34 Å². The number of hydrogen-bond acceptors (Lipinski definition) is 6. The second-order valence-corrected chi connectivity index (χ2v) is 9.73. The molecule has 0 atom stereocenters. The normalized spacial score (nSPS) is 11.8. The summed E-state index contributed by atoms with van der Waals surface area (Å²) in [7, 11) is -0.737. The topological polar surface area (TPSA) is 85.7 Å². The lowest BCUT2D eigenvalue weighted by atomic mass is 10.1. The van der Waals surface area contributed by atoms with Gasteiger partial charge in [0.15, 0.2) is 6.61 Å². The average Bonchev–Trinajstić information content (AvgIpc) is 3.12. The van der Waals surface area contributed by atoms with E-state index in [1.54, 1.807) is 13.0 Å². The number of thiophene rings is 1. The number of carbonyl (C=O) groups is 2. The molecule has 0 saturated heterocycles. The first-order chi connectivity index (χ1) is 12.0. The number of sulfonamides is 1. The number of esters is 1. The van der Waals surface area contributed by atoms with Gasteiger partial charge >= 0.3 is 5.97 Å². The van der Waals surface area contributed by atoms with Gasteiger partial charge in [-0.05, 0) is 32.0 Å². The maximum absolute atomic E-state index is 12.3. The molecule has 0 unspecified atom stereocenters. The van der Waals surface area contributed by atoms with Crippen LogP contribution < -0.4 is 0 Å². The number of Topliss-reactive ketones (excluding diaryl/α,β-unsaturated/α-hetero) is 1. The number of ether oxygens (including phenoxy) is 1. The Labute approximate surface area is 161 Å². The Morgan fingerprint density at radius 3 is 2.46 bits per heavy atom. The second-order valence-electron chi connectivity index (χ2n) is 5.75. The maximum atomic E-state index is 12.3. The first kappa shape index (κ1) is 20.6. The van der Waals surface area contributed by atoms with Crippen LogP contribution in [-0.2, 0) is 26.6 Å². The van der Waals surface area contributed by atoms with E-state index in [2.05, 4.69) is 0 Å². The third-order valence-corrected chi connectivity index (χ3v) is 7.51. The number of aromatic nitrogens is 1. The Kier molecular flexibility index (Phi) is 6.28. The molecule has 26 heavy (non-hydrogen) atoms. The van der Waals surface area contributed by atoms with Crippen molar-refractivity contribution in [2.75, 3.05) is 20.2 Å². The minimum absolute atomic E-state index is 0.0317. The quantitative estimate of drug-likeness (QED) is 0.509. The monoisotopic (exact) mass is 418 g/mol. The molecular weight excluding hydrogens is 400 g/mol. The molecule has 2 heterocycles. The van der Waals surface area contributed by atoms with Gasteiger partial charge < -0.3 is 9.30 Å². The number of rotatable bonds is 7. The zero-order valence-corrected chi connectivity index (χ0v) is 17.2. The Balaban J connectivity index is 1.96. The first-order valence-corrected chi connectivity index (χ1v) is 10.2. The van der Waals surface area contributed by atoms with Gasteiger partial charge in [0, 0.05) is 31.0 Å². The van der Waals surface area contributed by atoms with E-state index in [9.17, 15) is 18.0 Å². The highest BCUT2D eigenvalue weighted by atomic mass is 35.5. The van der Waals surface area contributed by atoms with Crippen molar-refractivity contribution in [1.82, 2.24) is 8.87 Å². The summed E-state index contributed by atoms with van der Waals surface area (Å²) in [5, 5.41) is 0. The Hall–Kier alpha value is -1.68. The number of hydrogen-bond donors (Lipinski definition) is 0. The van der Waals surface area contributed by atoms with Gasteiger partial charge in [-0.15, -0.1) is 11.3 Å².